The molecule has 2 bridgehead atoms. The SMILES string of the molecule is CN(C)C[C@@H]1C[C@@H]2C[C@@H]1CN2c1cc2c(cc1F)c(=O)c(C(=O)O)cn2-c1ccc(F)cc1F. The van der Waals surface area contributed by atoms with Crippen molar-refractivity contribution in [2.45, 2.75) is 18.9 Å². The van der Waals surface area contributed by atoms with Crippen LogP contribution in [0, 0.1) is 29.3 Å². The van der Waals surface area contributed by atoms with Gasteiger partial charge in [0.05, 0.1) is 16.9 Å². The average Bonchev–Trinajstić information content (AvgIpc) is 3.34. The predicted octanol–water partition coefficient (Wildman–Crippen LogP) is 3.88. The maximum Gasteiger partial charge on any atom is 0.341 e. The second kappa shape index (κ2) is 8.16. The second-order valence-corrected chi connectivity index (χ2v) is 9.52. The fourth-order valence-electron chi connectivity index (χ4n) is 5.63. The van der Waals surface area contributed by atoms with E-state index in [4.69, 9.17) is 0 Å². The van der Waals surface area contributed by atoms with Gasteiger partial charge in [0, 0.05) is 36.8 Å². The van der Waals surface area contributed by atoms with E-state index in [0.29, 0.717) is 30.1 Å². The zero-order valence-corrected chi connectivity index (χ0v) is 18.8. The third kappa shape index (κ3) is 3.64. The van der Waals surface area contributed by atoms with Crippen LogP contribution in [0.4, 0.5) is 18.9 Å². The minimum atomic E-state index is -1.52. The van der Waals surface area contributed by atoms with E-state index < -0.39 is 34.4 Å². The number of nitrogens with zero attached hydrogens (tertiary/aromatic N) is 3. The van der Waals surface area contributed by atoms with Crippen LogP contribution in [0.15, 0.2) is 41.3 Å². The van der Waals surface area contributed by atoms with Crippen molar-refractivity contribution >= 4 is 22.6 Å². The maximum absolute atomic E-state index is 15.3. The smallest absolute Gasteiger partial charge is 0.341 e. The van der Waals surface area contributed by atoms with E-state index in [2.05, 4.69) is 4.90 Å². The Labute approximate surface area is 193 Å². The number of aromatic carboxylic acids is 1. The van der Waals surface area contributed by atoms with Gasteiger partial charge < -0.3 is 19.5 Å². The van der Waals surface area contributed by atoms with Crippen molar-refractivity contribution in [1.29, 1.82) is 0 Å². The number of halogens is 3. The van der Waals surface area contributed by atoms with Crippen LogP contribution in [0.5, 0.6) is 0 Å². The van der Waals surface area contributed by atoms with Gasteiger partial charge in [-0.3, -0.25) is 4.79 Å². The Kier molecular flexibility index (Phi) is 5.39. The molecule has 1 N–H and O–H groups in total. The van der Waals surface area contributed by atoms with Crippen LogP contribution < -0.4 is 10.3 Å². The van der Waals surface area contributed by atoms with Crippen molar-refractivity contribution in [3.8, 4) is 5.69 Å². The summed E-state index contributed by atoms with van der Waals surface area (Å²) in [7, 11) is 4.07. The summed E-state index contributed by atoms with van der Waals surface area (Å²) in [4.78, 5) is 28.6. The minimum Gasteiger partial charge on any atom is -0.477 e. The summed E-state index contributed by atoms with van der Waals surface area (Å²) < 4.78 is 44.7. The summed E-state index contributed by atoms with van der Waals surface area (Å²) in [5.74, 6) is -2.92. The second-order valence-electron chi connectivity index (χ2n) is 9.52. The molecule has 1 aliphatic heterocycles. The summed E-state index contributed by atoms with van der Waals surface area (Å²) in [5, 5.41) is 9.31. The van der Waals surface area contributed by atoms with Crippen molar-refractivity contribution < 1.29 is 23.1 Å². The molecule has 178 valence electrons. The topological polar surface area (TPSA) is 65.8 Å². The van der Waals surface area contributed by atoms with Gasteiger partial charge >= 0.3 is 5.97 Å². The first-order valence-corrected chi connectivity index (χ1v) is 11.1. The number of carboxylic acid groups (broad SMARTS) is 1. The molecule has 9 heteroatoms. The molecule has 3 atom stereocenters. The van der Waals surface area contributed by atoms with E-state index in [-0.39, 0.29) is 22.6 Å². The first-order chi connectivity index (χ1) is 16.1. The van der Waals surface area contributed by atoms with Crippen LogP contribution in [0.1, 0.15) is 23.2 Å². The zero-order chi connectivity index (χ0) is 24.3. The quantitative estimate of drug-likeness (QED) is 0.612. The van der Waals surface area contributed by atoms with Gasteiger partial charge in [-0.2, -0.15) is 0 Å². The normalized spacial score (nSPS) is 21.7. The van der Waals surface area contributed by atoms with Crippen molar-refractivity contribution in [3.63, 3.8) is 0 Å². The molecule has 0 radical (unpaired) electrons. The molecule has 2 aliphatic rings. The number of aromatic nitrogens is 1. The summed E-state index contributed by atoms with van der Waals surface area (Å²) in [6.45, 7) is 1.64. The molecule has 6 nitrogen and oxygen atoms in total. The molecule has 2 aromatic carbocycles. The standard InChI is InChI=1S/C25H24F3N3O3/c1-29(2)10-13-5-16-6-14(13)11-30(16)23-9-22-17(8-20(23)28)24(32)18(25(33)34)12-31(22)21-4-3-15(26)7-19(21)27/h3-4,7-9,12-14,16H,5-6,10-11H2,1-2H3,(H,33,34)/t13-,14+,16+/m0/s1. The fraction of sp³-hybridized carbons (Fsp3) is 0.360. The van der Waals surface area contributed by atoms with Gasteiger partial charge in [0.15, 0.2) is 0 Å². The van der Waals surface area contributed by atoms with E-state index in [0.717, 1.165) is 43.8 Å². The monoisotopic (exact) mass is 471 g/mol. The highest BCUT2D eigenvalue weighted by molar-refractivity contribution is 5.94. The molecule has 2 heterocycles. The van der Waals surface area contributed by atoms with Gasteiger partial charge in [0.1, 0.15) is 23.0 Å². The molecule has 0 amide bonds. The van der Waals surface area contributed by atoms with E-state index in [1.54, 1.807) is 0 Å². The summed E-state index contributed by atoms with van der Waals surface area (Å²) in [6, 6.07) is 5.53. The highest BCUT2D eigenvalue weighted by Gasteiger charge is 2.45. The Morgan fingerprint density at radius 1 is 1.09 bits per heavy atom. The van der Waals surface area contributed by atoms with Gasteiger partial charge in [0.25, 0.3) is 0 Å². The summed E-state index contributed by atoms with van der Waals surface area (Å²) in [5.41, 5.74) is -1.18. The lowest BCUT2D eigenvalue weighted by Crippen LogP contribution is -2.39. The van der Waals surface area contributed by atoms with E-state index in [1.807, 2.05) is 19.0 Å². The number of piperidine rings is 1. The first-order valence-electron chi connectivity index (χ1n) is 11.1. The predicted molar refractivity (Wildman–Crippen MR) is 122 cm³/mol. The number of carbonyl (C=O) groups is 1. The highest BCUT2D eigenvalue weighted by Crippen LogP contribution is 2.45. The molecule has 1 saturated carbocycles. The number of pyridine rings is 1. The van der Waals surface area contributed by atoms with Gasteiger partial charge in [-0.25, -0.2) is 18.0 Å². The molecular weight excluding hydrogens is 447 g/mol. The van der Waals surface area contributed by atoms with Crippen molar-refractivity contribution in [1.82, 2.24) is 9.47 Å². The lowest BCUT2D eigenvalue weighted by molar-refractivity contribution is 0.0695. The molecule has 0 unspecified atom stereocenters. The van der Waals surface area contributed by atoms with Crippen LogP contribution in [0.2, 0.25) is 0 Å². The minimum absolute atomic E-state index is 0.138. The third-order valence-corrected chi connectivity index (χ3v) is 7.07. The largest absolute Gasteiger partial charge is 0.477 e. The zero-order valence-electron chi connectivity index (χ0n) is 18.8. The average molecular weight is 471 g/mol. The number of hydrogen-bond acceptors (Lipinski definition) is 4. The highest BCUT2D eigenvalue weighted by atomic mass is 19.1. The molecule has 1 saturated heterocycles. The third-order valence-electron chi connectivity index (χ3n) is 7.07. The van der Waals surface area contributed by atoms with Crippen molar-refractivity contribution in [2.75, 3.05) is 32.1 Å². The van der Waals surface area contributed by atoms with Crippen molar-refractivity contribution in [2.24, 2.45) is 11.8 Å². The number of benzene rings is 2. The Hall–Kier alpha value is -3.33. The Bertz CT molecular complexity index is 1370. The molecule has 5 rings (SSSR count). The fourth-order valence-corrected chi connectivity index (χ4v) is 5.63. The Morgan fingerprint density at radius 3 is 2.44 bits per heavy atom. The van der Waals surface area contributed by atoms with Gasteiger partial charge in [-0.15, -0.1) is 0 Å². The van der Waals surface area contributed by atoms with Crippen LogP contribution in [0.25, 0.3) is 16.6 Å². The van der Waals surface area contributed by atoms with Gasteiger partial charge in [-0.05, 0) is 63.0 Å². The molecule has 1 aliphatic carbocycles. The molecular formula is C25H24F3N3O3. The molecule has 0 spiro atoms. The number of fused-ring (bicyclic) bond motifs is 3. The van der Waals surface area contributed by atoms with E-state index in [1.165, 1.54) is 10.6 Å². The number of carboxylic acids is 1. The van der Waals surface area contributed by atoms with Crippen molar-refractivity contribution in [3.05, 3.63) is 69.8 Å². The van der Waals surface area contributed by atoms with Crippen LogP contribution in [0.3, 0.4) is 0 Å². The number of anilines is 1. The Morgan fingerprint density at radius 2 is 1.82 bits per heavy atom. The lowest BCUT2D eigenvalue weighted by Gasteiger charge is -2.34. The molecule has 34 heavy (non-hydrogen) atoms. The first kappa shape index (κ1) is 22.5. The lowest BCUT2D eigenvalue weighted by atomic mass is 9.94. The van der Waals surface area contributed by atoms with E-state index >= 15 is 4.39 Å². The van der Waals surface area contributed by atoms with Crippen LogP contribution in [-0.2, 0) is 0 Å². The maximum atomic E-state index is 15.3. The Balaban J connectivity index is 1.66. The molecule has 2 fully saturated rings. The number of hydrogen-bond donors (Lipinski definition) is 1. The van der Waals surface area contributed by atoms with Crippen LogP contribution >= 0.6 is 0 Å². The van der Waals surface area contributed by atoms with Crippen LogP contribution in [-0.4, -0.2) is 53.8 Å². The summed E-state index contributed by atoms with van der Waals surface area (Å²) in [6.07, 6.45) is 2.89. The van der Waals surface area contributed by atoms with Gasteiger partial charge in [-0.1, -0.05) is 0 Å². The summed E-state index contributed by atoms with van der Waals surface area (Å²) >= 11 is 0. The molecule has 1 aromatic heterocycles. The van der Waals surface area contributed by atoms with E-state index in [9.17, 15) is 23.5 Å². The van der Waals surface area contributed by atoms with Gasteiger partial charge in [0.2, 0.25) is 5.43 Å². The number of rotatable bonds is 5. The molecule has 3 aromatic rings.